The third-order valence-corrected chi connectivity index (χ3v) is 12.6. The van der Waals surface area contributed by atoms with E-state index in [1.54, 1.807) is 83.1 Å². The summed E-state index contributed by atoms with van der Waals surface area (Å²) in [4.78, 5) is 69.4. The molecule has 3 aliphatic carbocycles. The van der Waals surface area contributed by atoms with Gasteiger partial charge in [0.05, 0.1) is 29.6 Å². The van der Waals surface area contributed by atoms with Gasteiger partial charge in [-0.1, -0.05) is 62.4 Å². The molecule has 5 N–H and O–H groups in total. The van der Waals surface area contributed by atoms with Crippen molar-refractivity contribution in [3.05, 3.63) is 82.9 Å². The molecular formula is C43H53NO14. The van der Waals surface area contributed by atoms with Crippen molar-refractivity contribution >= 4 is 29.8 Å². The maximum Gasteiger partial charge on any atom is 0.408 e. The number of carbonyl (C=O) groups is 5. The third-order valence-electron chi connectivity index (χ3n) is 12.6. The van der Waals surface area contributed by atoms with Crippen LogP contribution in [0.4, 0.5) is 4.79 Å². The number of rotatable bonds is 8. The van der Waals surface area contributed by atoms with Crippen LogP contribution in [0.15, 0.2) is 71.8 Å². The standard InChI is InChI=1S/C43H53NO14/c1-22-26(55-37(51)30(44-38(52)58-39(3,4)5)31(47)24-15-11-9-12-16-24)20-43(53)35(56-36(50)25-17-13-10-14-18-25)33-41(8,34(49)32(48)29(22)40(43,6)7)27(46)19-28-42(33,21-54-28)57-23(2)45/h9-18,26-28,30-33,35,46-48,53H,19-21H2,1-8H3,(H,44,52)/t26-,27-,28+,30-,31+,32+,33-,35-,41+,42-,43-/m0/s1. The number of ether oxygens (including phenoxy) is 5. The molecule has 0 radical (unpaired) electrons. The van der Waals surface area contributed by atoms with Gasteiger partial charge in [0.1, 0.15) is 41.7 Å². The zero-order chi connectivity index (χ0) is 42.7. The molecule has 1 amide bonds. The van der Waals surface area contributed by atoms with E-state index in [-0.39, 0.29) is 35.3 Å². The second kappa shape index (κ2) is 15.2. The first-order chi connectivity index (χ1) is 27.0. The van der Waals surface area contributed by atoms with Crippen molar-refractivity contribution in [2.45, 2.75) is 128 Å². The minimum absolute atomic E-state index is 0.0644. The Kier molecular flexibility index (Phi) is 11.2. The monoisotopic (exact) mass is 807 g/mol. The highest BCUT2D eigenvalue weighted by Crippen LogP contribution is 2.64. The second-order valence-electron chi connectivity index (χ2n) is 17.6. The number of aliphatic hydroxyl groups is 4. The van der Waals surface area contributed by atoms with Gasteiger partial charge >= 0.3 is 24.0 Å². The molecule has 3 fully saturated rings. The Hall–Kier alpha value is -4.67. The lowest BCUT2D eigenvalue weighted by Crippen LogP contribution is -2.81. The lowest BCUT2D eigenvalue weighted by atomic mass is 9.44. The van der Waals surface area contributed by atoms with Crippen molar-refractivity contribution in [1.29, 1.82) is 0 Å². The minimum Gasteiger partial charge on any atom is -0.456 e. The number of fused-ring (bicyclic) bond motifs is 5. The number of nitrogens with one attached hydrogen (secondary N) is 1. The summed E-state index contributed by atoms with van der Waals surface area (Å²) in [5.74, 6) is -5.29. The van der Waals surface area contributed by atoms with E-state index in [1.165, 1.54) is 26.0 Å². The van der Waals surface area contributed by atoms with E-state index in [0.717, 1.165) is 6.92 Å². The molecule has 11 atom stereocenters. The Balaban J connectivity index is 1.52. The van der Waals surface area contributed by atoms with Crippen molar-refractivity contribution in [1.82, 2.24) is 5.32 Å². The van der Waals surface area contributed by atoms with Crippen LogP contribution in [-0.4, -0.2) is 110 Å². The topological polar surface area (TPSA) is 224 Å². The molecule has 2 aromatic carbocycles. The van der Waals surface area contributed by atoms with Crippen LogP contribution in [0.1, 0.15) is 90.3 Å². The third kappa shape index (κ3) is 7.10. The number of esters is 3. The van der Waals surface area contributed by atoms with E-state index in [4.69, 9.17) is 23.7 Å². The molecule has 58 heavy (non-hydrogen) atoms. The van der Waals surface area contributed by atoms with Gasteiger partial charge in [-0.15, -0.1) is 0 Å². The molecular weight excluding hydrogens is 754 g/mol. The smallest absolute Gasteiger partial charge is 0.408 e. The molecule has 6 rings (SSSR count). The van der Waals surface area contributed by atoms with Crippen LogP contribution >= 0.6 is 0 Å². The summed E-state index contributed by atoms with van der Waals surface area (Å²) < 4.78 is 29.6. The van der Waals surface area contributed by atoms with Crippen LogP contribution in [-0.2, 0) is 38.1 Å². The summed E-state index contributed by atoms with van der Waals surface area (Å²) in [6.07, 6.45) is -11.2. The molecule has 15 heteroatoms. The first kappa shape index (κ1) is 42.9. The molecule has 0 unspecified atom stereocenters. The molecule has 0 spiro atoms. The lowest BCUT2D eigenvalue weighted by molar-refractivity contribution is -0.346. The predicted molar refractivity (Wildman–Crippen MR) is 204 cm³/mol. The number of Topliss-reactive ketones (excluding diaryl/α,β-unsaturated/α-hetero) is 1. The second-order valence-corrected chi connectivity index (χ2v) is 17.6. The molecule has 1 heterocycles. The summed E-state index contributed by atoms with van der Waals surface area (Å²) >= 11 is 0. The Morgan fingerprint density at radius 2 is 1.55 bits per heavy atom. The molecule has 1 aliphatic heterocycles. The maximum atomic E-state index is 15.0. The van der Waals surface area contributed by atoms with Crippen molar-refractivity contribution in [2.75, 3.05) is 6.61 Å². The molecule has 2 bridgehead atoms. The highest BCUT2D eigenvalue weighted by Gasteiger charge is 2.78. The largest absolute Gasteiger partial charge is 0.456 e. The average molecular weight is 808 g/mol. The predicted octanol–water partition coefficient (Wildman–Crippen LogP) is 3.26. The fraction of sp³-hybridized carbons (Fsp3) is 0.558. The quantitative estimate of drug-likeness (QED) is 0.147. The lowest BCUT2D eigenvalue weighted by Gasteiger charge is -2.67. The summed E-state index contributed by atoms with van der Waals surface area (Å²) in [5.41, 5.74) is -8.30. The average Bonchev–Trinajstić information content (AvgIpc) is 3.14. The van der Waals surface area contributed by atoms with Crippen LogP contribution in [0.25, 0.3) is 0 Å². The number of hydrogen-bond donors (Lipinski definition) is 5. The van der Waals surface area contributed by atoms with Crippen LogP contribution in [0.3, 0.4) is 0 Å². The molecule has 314 valence electrons. The van der Waals surface area contributed by atoms with Crippen molar-refractivity contribution < 1.29 is 68.1 Å². The molecule has 15 nitrogen and oxygen atoms in total. The van der Waals surface area contributed by atoms with E-state index >= 15 is 0 Å². The van der Waals surface area contributed by atoms with Gasteiger partial charge in [-0.25, -0.2) is 14.4 Å². The number of ketones is 1. The first-order valence-electron chi connectivity index (χ1n) is 19.3. The number of benzene rings is 2. The highest BCUT2D eigenvalue weighted by atomic mass is 16.6. The number of aliphatic hydroxyl groups excluding tert-OH is 3. The zero-order valence-corrected chi connectivity index (χ0v) is 33.9. The molecule has 1 saturated heterocycles. The van der Waals surface area contributed by atoms with Crippen molar-refractivity contribution in [2.24, 2.45) is 16.7 Å². The van der Waals surface area contributed by atoms with Gasteiger partial charge in [-0.05, 0) is 63.5 Å². The van der Waals surface area contributed by atoms with E-state index in [1.807, 2.05) is 0 Å². The van der Waals surface area contributed by atoms with Crippen LogP contribution in [0.2, 0.25) is 0 Å². The van der Waals surface area contributed by atoms with E-state index in [9.17, 15) is 44.4 Å². The van der Waals surface area contributed by atoms with Crippen LogP contribution in [0, 0.1) is 16.7 Å². The SMILES string of the molecule is CC(=O)O[C@@]12CO[C@@H]1C[C@H](O)[C@@]1(C)C(=O)[C@H](O)C3=C(C)[C@@H](OC(=O)[C@@H](NC(=O)OC(C)(C)C)[C@H](O)c4ccccc4)C[C@](O)([C@@H](OC(=O)c4ccccc4)[C@H]21)C3(C)C. The Morgan fingerprint density at radius 3 is 2.10 bits per heavy atom. The normalized spacial score (nSPS) is 33.7. The summed E-state index contributed by atoms with van der Waals surface area (Å²) in [5, 5.41) is 51.4. The summed E-state index contributed by atoms with van der Waals surface area (Å²) in [6, 6.07) is 14.1. The van der Waals surface area contributed by atoms with Gasteiger partial charge in [0.15, 0.2) is 17.4 Å². The van der Waals surface area contributed by atoms with Crippen molar-refractivity contribution in [3.8, 4) is 0 Å². The van der Waals surface area contributed by atoms with Gasteiger partial charge in [-0.3, -0.25) is 9.59 Å². The minimum atomic E-state index is -2.36. The van der Waals surface area contributed by atoms with Gasteiger partial charge in [-0.2, -0.15) is 0 Å². The zero-order valence-electron chi connectivity index (χ0n) is 33.9. The van der Waals surface area contributed by atoms with Crippen LogP contribution < -0.4 is 5.32 Å². The fourth-order valence-corrected chi connectivity index (χ4v) is 9.53. The van der Waals surface area contributed by atoms with Gasteiger partial charge in [0, 0.05) is 25.2 Å². The molecule has 2 aromatic rings. The van der Waals surface area contributed by atoms with Crippen molar-refractivity contribution in [3.63, 3.8) is 0 Å². The van der Waals surface area contributed by atoms with Gasteiger partial charge in [0.2, 0.25) is 0 Å². The molecule has 2 saturated carbocycles. The fourth-order valence-electron chi connectivity index (χ4n) is 9.53. The van der Waals surface area contributed by atoms with Crippen LogP contribution in [0.5, 0.6) is 0 Å². The number of amides is 1. The first-order valence-corrected chi connectivity index (χ1v) is 19.3. The van der Waals surface area contributed by atoms with E-state index in [0.29, 0.717) is 0 Å². The van der Waals surface area contributed by atoms with Gasteiger partial charge < -0.3 is 49.4 Å². The van der Waals surface area contributed by atoms with E-state index < -0.39 is 112 Å². The molecule has 0 aromatic heterocycles. The highest BCUT2D eigenvalue weighted by molar-refractivity contribution is 5.94. The summed E-state index contributed by atoms with van der Waals surface area (Å²) in [6.45, 7) is 11.7. The maximum absolute atomic E-state index is 15.0. The van der Waals surface area contributed by atoms with E-state index in [2.05, 4.69) is 5.32 Å². The Morgan fingerprint density at radius 1 is 0.948 bits per heavy atom. The van der Waals surface area contributed by atoms with Gasteiger partial charge in [0.25, 0.3) is 0 Å². The Labute approximate surface area is 336 Å². The number of alkyl carbamates (subject to hydrolysis) is 1. The number of carbonyl (C=O) groups excluding carboxylic acids is 5. The molecule has 4 aliphatic rings. The summed E-state index contributed by atoms with van der Waals surface area (Å²) in [7, 11) is 0. The number of hydrogen-bond acceptors (Lipinski definition) is 14. The Bertz CT molecular complexity index is 1980.